The van der Waals surface area contributed by atoms with E-state index in [-0.39, 0.29) is 17.3 Å². The molecule has 0 N–H and O–H groups in total. The van der Waals surface area contributed by atoms with Gasteiger partial charge in [-0.1, -0.05) is 44.9 Å². The van der Waals surface area contributed by atoms with Crippen LogP contribution < -0.4 is 11.2 Å². The second kappa shape index (κ2) is 8.41. The number of rotatable bonds is 8. The summed E-state index contributed by atoms with van der Waals surface area (Å²) in [6.45, 7) is 5.58. The highest BCUT2D eigenvalue weighted by Gasteiger charge is 2.29. The molecule has 166 valence electrons. The van der Waals surface area contributed by atoms with Gasteiger partial charge in [0.15, 0.2) is 0 Å². The van der Waals surface area contributed by atoms with Crippen LogP contribution in [0.25, 0.3) is 21.9 Å². The summed E-state index contributed by atoms with van der Waals surface area (Å²) in [6, 6.07) is 13.9. The predicted molar refractivity (Wildman–Crippen MR) is 128 cm³/mol. The summed E-state index contributed by atoms with van der Waals surface area (Å²) in [4.78, 5) is 31.5. The van der Waals surface area contributed by atoms with E-state index in [0.717, 1.165) is 61.9 Å². The molecule has 0 bridgehead atoms. The molecule has 32 heavy (non-hydrogen) atoms. The molecule has 0 spiro atoms. The van der Waals surface area contributed by atoms with Crippen LogP contribution in [0.1, 0.15) is 63.4 Å². The molecule has 0 saturated heterocycles. The maximum atomic E-state index is 13.5. The van der Waals surface area contributed by atoms with Crippen LogP contribution in [0, 0.1) is 0 Å². The quantitative estimate of drug-likeness (QED) is 0.382. The van der Waals surface area contributed by atoms with Crippen molar-refractivity contribution < 1.29 is 0 Å². The van der Waals surface area contributed by atoms with Crippen LogP contribution in [0.4, 0.5) is 0 Å². The molecule has 2 aromatic heterocycles. The fraction of sp³-hybridized carbons (Fsp3) is 0.423. The van der Waals surface area contributed by atoms with E-state index >= 15 is 0 Å². The summed E-state index contributed by atoms with van der Waals surface area (Å²) in [7, 11) is 0. The molecule has 1 saturated carbocycles. The Hall–Kier alpha value is -3.15. The fourth-order valence-electron chi connectivity index (χ4n) is 4.62. The van der Waals surface area contributed by atoms with E-state index in [2.05, 4.69) is 36.6 Å². The third kappa shape index (κ3) is 3.57. The van der Waals surface area contributed by atoms with Crippen molar-refractivity contribution in [3.05, 3.63) is 74.7 Å². The Bertz CT molecular complexity index is 1410. The molecule has 1 aliphatic rings. The number of nitrogens with zero attached hydrogens (tertiary/aromatic N) is 4. The van der Waals surface area contributed by atoms with Gasteiger partial charge in [-0.25, -0.2) is 9.78 Å². The maximum absolute atomic E-state index is 13.5. The second-order valence-corrected chi connectivity index (χ2v) is 8.86. The van der Waals surface area contributed by atoms with Crippen molar-refractivity contribution >= 4 is 21.9 Å². The number of aryl methyl sites for hydroxylation is 2. The smallest absolute Gasteiger partial charge is 0.326 e. The second-order valence-electron chi connectivity index (χ2n) is 8.86. The zero-order chi connectivity index (χ0) is 22.2. The molecule has 2 aromatic carbocycles. The van der Waals surface area contributed by atoms with Crippen molar-refractivity contribution in [2.75, 3.05) is 0 Å². The Kier molecular flexibility index (Phi) is 5.45. The van der Waals surface area contributed by atoms with Crippen molar-refractivity contribution in [2.24, 2.45) is 0 Å². The summed E-state index contributed by atoms with van der Waals surface area (Å²) in [5.41, 5.74) is 3.63. The van der Waals surface area contributed by atoms with Crippen molar-refractivity contribution in [3.8, 4) is 0 Å². The number of hydrogen-bond acceptors (Lipinski definition) is 3. The standard InChI is InChI=1S/C26H30N4O2/c1-3-5-8-15-28-23-14-11-18(4-2)16-21(23)27-24(28)17-29-22-10-7-6-9-20(22)25(31)30(26(29)32)19-12-13-19/h6-7,9-11,14,16,19H,3-5,8,12-13,15,17H2,1-2H3. The first-order valence-corrected chi connectivity index (χ1v) is 11.8. The lowest BCUT2D eigenvalue weighted by molar-refractivity contribution is 0.558. The molecule has 0 unspecified atom stereocenters. The highest BCUT2D eigenvalue weighted by Crippen LogP contribution is 2.32. The minimum atomic E-state index is -0.224. The summed E-state index contributed by atoms with van der Waals surface area (Å²) >= 11 is 0. The number of benzene rings is 2. The molecule has 0 atom stereocenters. The van der Waals surface area contributed by atoms with Gasteiger partial charge in [-0.3, -0.25) is 13.9 Å². The fourth-order valence-corrected chi connectivity index (χ4v) is 4.62. The van der Waals surface area contributed by atoms with Crippen molar-refractivity contribution in [3.63, 3.8) is 0 Å². The lowest BCUT2D eigenvalue weighted by Crippen LogP contribution is -2.40. The molecule has 1 aliphatic carbocycles. The van der Waals surface area contributed by atoms with Gasteiger partial charge in [-0.2, -0.15) is 0 Å². The molecule has 2 heterocycles. The van der Waals surface area contributed by atoms with Gasteiger partial charge in [0, 0.05) is 12.6 Å². The first-order chi connectivity index (χ1) is 15.6. The maximum Gasteiger partial charge on any atom is 0.332 e. The topological polar surface area (TPSA) is 61.8 Å². The third-order valence-electron chi connectivity index (χ3n) is 6.58. The normalized spacial score (nSPS) is 13.9. The number of para-hydroxylation sites is 1. The van der Waals surface area contributed by atoms with Crippen molar-refractivity contribution in [1.29, 1.82) is 0 Å². The monoisotopic (exact) mass is 430 g/mol. The summed E-state index contributed by atoms with van der Waals surface area (Å²) < 4.78 is 5.47. The molecular weight excluding hydrogens is 400 g/mol. The van der Waals surface area contributed by atoms with Gasteiger partial charge in [-0.05, 0) is 55.5 Å². The molecule has 6 heteroatoms. The minimum absolute atomic E-state index is 0.0290. The Morgan fingerprint density at radius 3 is 2.53 bits per heavy atom. The Labute approximate surface area is 187 Å². The molecule has 6 nitrogen and oxygen atoms in total. The minimum Gasteiger partial charge on any atom is -0.326 e. The van der Waals surface area contributed by atoms with Gasteiger partial charge in [-0.15, -0.1) is 0 Å². The van der Waals surface area contributed by atoms with E-state index in [1.165, 1.54) is 10.1 Å². The SMILES string of the molecule is CCCCCn1c(Cn2c(=O)n(C3CC3)c(=O)c3ccccc32)nc2cc(CC)ccc21. The third-order valence-corrected chi connectivity index (χ3v) is 6.58. The largest absolute Gasteiger partial charge is 0.332 e. The van der Waals surface area contributed by atoms with E-state index in [4.69, 9.17) is 4.98 Å². The average Bonchev–Trinajstić information content (AvgIpc) is 3.58. The van der Waals surface area contributed by atoms with E-state index in [1.54, 1.807) is 4.57 Å². The van der Waals surface area contributed by atoms with E-state index in [0.29, 0.717) is 17.4 Å². The Morgan fingerprint density at radius 1 is 0.969 bits per heavy atom. The van der Waals surface area contributed by atoms with Crippen LogP contribution in [0.5, 0.6) is 0 Å². The molecular formula is C26H30N4O2. The van der Waals surface area contributed by atoms with Crippen LogP contribution in [-0.2, 0) is 19.5 Å². The number of imidazole rings is 1. The number of unbranched alkanes of at least 4 members (excludes halogenated alkanes) is 2. The predicted octanol–water partition coefficient (Wildman–Crippen LogP) is 4.65. The van der Waals surface area contributed by atoms with Crippen LogP contribution in [-0.4, -0.2) is 18.7 Å². The summed E-state index contributed by atoms with van der Waals surface area (Å²) in [5.74, 6) is 0.873. The Balaban J connectivity index is 1.68. The molecule has 4 aromatic rings. The van der Waals surface area contributed by atoms with E-state index < -0.39 is 0 Å². The van der Waals surface area contributed by atoms with Gasteiger partial charge in [0.2, 0.25) is 0 Å². The van der Waals surface area contributed by atoms with E-state index in [1.807, 2.05) is 24.3 Å². The number of hydrogen-bond donors (Lipinski definition) is 0. The zero-order valence-corrected chi connectivity index (χ0v) is 18.9. The molecule has 0 radical (unpaired) electrons. The Morgan fingerprint density at radius 2 is 1.78 bits per heavy atom. The van der Waals surface area contributed by atoms with Gasteiger partial charge in [0.1, 0.15) is 5.82 Å². The number of fused-ring (bicyclic) bond motifs is 2. The van der Waals surface area contributed by atoms with Crippen molar-refractivity contribution in [2.45, 2.75) is 71.5 Å². The van der Waals surface area contributed by atoms with Gasteiger partial charge in [0.25, 0.3) is 5.56 Å². The van der Waals surface area contributed by atoms with Crippen LogP contribution >= 0.6 is 0 Å². The van der Waals surface area contributed by atoms with E-state index in [9.17, 15) is 9.59 Å². The molecule has 0 aliphatic heterocycles. The zero-order valence-electron chi connectivity index (χ0n) is 18.9. The van der Waals surface area contributed by atoms with Gasteiger partial charge in [0.05, 0.1) is 28.5 Å². The average molecular weight is 431 g/mol. The first kappa shape index (κ1) is 20.7. The lowest BCUT2D eigenvalue weighted by Gasteiger charge is -2.15. The van der Waals surface area contributed by atoms with Crippen LogP contribution in [0.2, 0.25) is 0 Å². The molecule has 1 fully saturated rings. The molecule has 5 rings (SSSR count). The molecule has 0 amide bonds. The number of aromatic nitrogens is 4. The van der Waals surface area contributed by atoms with Crippen LogP contribution in [0.3, 0.4) is 0 Å². The summed E-state index contributed by atoms with van der Waals surface area (Å²) in [5, 5.41) is 0.598. The highest BCUT2D eigenvalue weighted by molar-refractivity contribution is 5.79. The first-order valence-electron chi connectivity index (χ1n) is 11.8. The van der Waals surface area contributed by atoms with Gasteiger partial charge >= 0.3 is 5.69 Å². The lowest BCUT2D eigenvalue weighted by atomic mass is 10.1. The summed E-state index contributed by atoms with van der Waals surface area (Å²) in [6.07, 6.45) is 6.12. The van der Waals surface area contributed by atoms with Crippen LogP contribution in [0.15, 0.2) is 52.1 Å². The van der Waals surface area contributed by atoms with Crippen molar-refractivity contribution in [1.82, 2.24) is 18.7 Å². The van der Waals surface area contributed by atoms with Gasteiger partial charge < -0.3 is 4.57 Å². The highest BCUT2D eigenvalue weighted by atomic mass is 16.2.